The number of nitrogens with zero attached hydrogens (tertiary/aromatic N) is 2. The van der Waals surface area contributed by atoms with Gasteiger partial charge in [0.15, 0.2) is 12.1 Å². The summed E-state index contributed by atoms with van der Waals surface area (Å²) in [6.07, 6.45) is 6.54. The maximum absolute atomic E-state index is 10.7. The van der Waals surface area contributed by atoms with Crippen molar-refractivity contribution in [3.8, 4) is 0 Å². The van der Waals surface area contributed by atoms with Crippen molar-refractivity contribution in [1.82, 2.24) is 9.97 Å². The fourth-order valence-electron chi connectivity index (χ4n) is 2.31. The summed E-state index contributed by atoms with van der Waals surface area (Å²) in [7, 11) is 0. The Labute approximate surface area is 95.1 Å². The zero-order valence-electron chi connectivity index (χ0n) is 9.48. The van der Waals surface area contributed by atoms with E-state index in [1.807, 2.05) is 6.92 Å². The molecule has 1 heterocycles. The summed E-state index contributed by atoms with van der Waals surface area (Å²) in [5.74, 6) is 0.663. The lowest BCUT2D eigenvalue weighted by atomic mass is 10.0. The Balaban J connectivity index is 2.34. The van der Waals surface area contributed by atoms with Crippen molar-refractivity contribution in [2.75, 3.05) is 6.61 Å². The quantitative estimate of drug-likeness (QED) is 0.729. The van der Waals surface area contributed by atoms with E-state index in [4.69, 9.17) is 4.74 Å². The molecule has 0 saturated heterocycles. The van der Waals surface area contributed by atoms with Crippen LogP contribution in [0, 0.1) is 0 Å². The highest BCUT2D eigenvalue weighted by Gasteiger charge is 2.39. The molecule has 4 nitrogen and oxygen atoms in total. The highest BCUT2D eigenvalue weighted by Crippen LogP contribution is 2.40. The molecule has 16 heavy (non-hydrogen) atoms. The van der Waals surface area contributed by atoms with Gasteiger partial charge in [-0.15, -0.1) is 0 Å². The largest absolute Gasteiger partial charge is 0.367 e. The SMILES string of the molecule is CCOC1(c2nccc(C=O)n2)CCCC1. The number of hydrogen-bond donors (Lipinski definition) is 0. The van der Waals surface area contributed by atoms with Gasteiger partial charge < -0.3 is 4.74 Å². The Hall–Kier alpha value is -1.29. The van der Waals surface area contributed by atoms with Crippen LogP contribution in [-0.2, 0) is 10.3 Å². The summed E-state index contributed by atoms with van der Waals surface area (Å²) >= 11 is 0. The van der Waals surface area contributed by atoms with Crippen LogP contribution in [0.3, 0.4) is 0 Å². The van der Waals surface area contributed by atoms with Gasteiger partial charge in [0, 0.05) is 12.8 Å². The maximum Gasteiger partial charge on any atom is 0.168 e. The minimum absolute atomic E-state index is 0.353. The second-order valence-corrected chi connectivity index (χ2v) is 4.06. The first-order valence-electron chi connectivity index (χ1n) is 5.73. The van der Waals surface area contributed by atoms with Crippen molar-refractivity contribution < 1.29 is 9.53 Å². The van der Waals surface area contributed by atoms with Gasteiger partial charge in [-0.1, -0.05) is 0 Å². The molecular weight excluding hydrogens is 204 g/mol. The number of carbonyl (C=O) groups excluding carboxylic acids is 1. The summed E-state index contributed by atoms with van der Waals surface area (Å²) in [4.78, 5) is 19.2. The predicted octanol–water partition coefficient (Wildman–Crippen LogP) is 2.09. The van der Waals surface area contributed by atoms with Gasteiger partial charge in [0.05, 0.1) is 0 Å². The van der Waals surface area contributed by atoms with Crippen LogP contribution in [0.15, 0.2) is 12.3 Å². The Morgan fingerprint density at radius 2 is 2.25 bits per heavy atom. The maximum atomic E-state index is 10.7. The Bertz CT molecular complexity index is 373. The second-order valence-electron chi connectivity index (χ2n) is 4.06. The lowest BCUT2D eigenvalue weighted by molar-refractivity contribution is -0.0457. The Morgan fingerprint density at radius 1 is 1.50 bits per heavy atom. The number of aromatic nitrogens is 2. The minimum Gasteiger partial charge on any atom is -0.367 e. The predicted molar refractivity (Wildman–Crippen MR) is 59.2 cm³/mol. The summed E-state index contributed by atoms with van der Waals surface area (Å²) in [5, 5.41) is 0. The van der Waals surface area contributed by atoms with E-state index < -0.39 is 0 Å². The molecule has 1 fully saturated rings. The molecule has 0 aromatic carbocycles. The van der Waals surface area contributed by atoms with E-state index in [9.17, 15) is 4.79 Å². The van der Waals surface area contributed by atoms with Crippen LogP contribution in [0.1, 0.15) is 48.9 Å². The van der Waals surface area contributed by atoms with E-state index in [1.54, 1.807) is 12.3 Å². The molecule has 0 spiro atoms. The first kappa shape index (κ1) is 11.2. The summed E-state index contributed by atoms with van der Waals surface area (Å²) in [6, 6.07) is 1.62. The summed E-state index contributed by atoms with van der Waals surface area (Å²) in [6.45, 7) is 2.62. The lowest BCUT2D eigenvalue weighted by Crippen LogP contribution is -2.29. The zero-order valence-corrected chi connectivity index (χ0v) is 9.48. The highest BCUT2D eigenvalue weighted by molar-refractivity contribution is 5.71. The van der Waals surface area contributed by atoms with Crippen LogP contribution in [0.2, 0.25) is 0 Å². The van der Waals surface area contributed by atoms with Crippen LogP contribution in [0.4, 0.5) is 0 Å². The highest BCUT2D eigenvalue weighted by atomic mass is 16.5. The average Bonchev–Trinajstić information content (AvgIpc) is 2.80. The molecule has 0 radical (unpaired) electrons. The summed E-state index contributed by atoms with van der Waals surface area (Å²) < 4.78 is 5.84. The molecule has 0 N–H and O–H groups in total. The minimum atomic E-state index is -0.353. The molecule has 1 aliphatic carbocycles. The fourth-order valence-corrected chi connectivity index (χ4v) is 2.31. The number of aldehydes is 1. The van der Waals surface area contributed by atoms with Crippen molar-refractivity contribution >= 4 is 6.29 Å². The average molecular weight is 220 g/mol. The van der Waals surface area contributed by atoms with E-state index in [1.165, 1.54) is 0 Å². The first-order valence-corrected chi connectivity index (χ1v) is 5.73. The third kappa shape index (κ3) is 1.97. The lowest BCUT2D eigenvalue weighted by Gasteiger charge is -2.27. The zero-order chi connectivity index (χ0) is 11.4. The number of hydrogen-bond acceptors (Lipinski definition) is 4. The molecule has 2 rings (SSSR count). The molecule has 1 aromatic heterocycles. The number of rotatable bonds is 4. The van der Waals surface area contributed by atoms with Crippen LogP contribution in [0.5, 0.6) is 0 Å². The van der Waals surface area contributed by atoms with Crippen molar-refractivity contribution in [2.24, 2.45) is 0 Å². The molecule has 0 bridgehead atoms. The topological polar surface area (TPSA) is 52.1 Å². The van der Waals surface area contributed by atoms with Gasteiger partial charge in [-0.2, -0.15) is 0 Å². The summed E-state index contributed by atoms with van der Waals surface area (Å²) in [5.41, 5.74) is 0.0734. The van der Waals surface area contributed by atoms with Crippen molar-refractivity contribution in [3.63, 3.8) is 0 Å². The van der Waals surface area contributed by atoms with Crippen LogP contribution in [-0.4, -0.2) is 22.9 Å². The van der Waals surface area contributed by atoms with Gasteiger partial charge in [-0.05, 0) is 38.7 Å². The number of ether oxygens (including phenoxy) is 1. The molecule has 1 aliphatic rings. The van der Waals surface area contributed by atoms with Crippen molar-refractivity contribution in [1.29, 1.82) is 0 Å². The molecule has 0 amide bonds. The molecule has 86 valence electrons. The van der Waals surface area contributed by atoms with Gasteiger partial charge in [-0.25, -0.2) is 9.97 Å². The van der Waals surface area contributed by atoms with E-state index in [-0.39, 0.29) is 5.60 Å². The van der Waals surface area contributed by atoms with Gasteiger partial charge in [0.2, 0.25) is 0 Å². The monoisotopic (exact) mass is 220 g/mol. The fraction of sp³-hybridized carbons (Fsp3) is 0.583. The Kier molecular flexibility index (Phi) is 3.29. The van der Waals surface area contributed by atoms with Gasteiger partial charge >= 0.3 is 0 Å². The molecule has 1 aromatic rings. The van der Waals surface area contributed by atoms with E-state index >= 15 is 0 Å². The van der Waals surface area contributed by atoms with Crippen LogP contribution in [0.25, 0.3) is 0 Å². The standard InChI is InChI=1S/C12H16N2O2/c1-2-16-12(6-3-4-7-12)11-13-8-5-10(9-15)14-11/h5,8-9H,2-4,6-7H2,1H3. The molecule has 4 heteroatoms. The van der Waals surface area contributed by atoms with E-state index in [2.05, 4.69) is 9.97 Å². The van der Waals surface area contributed by atoms with E-state index in [0.717, 1.165) is 32.0 Å². The van der Waals surface area contributed by atoms with E-state index in [0.29, 0.717) is 18.1 Å². The van der Waals surface area contributed by atoms with Gasteiger partial charge in [-0.3, -0.25) is 4.79 Å². The van der Waals surface area contributed by atoms with Crippen molar-refractivity contribution in [2.45, 2.75) is 38.2 Å². The second kappa shape index (κ2) is 4.70. The molecular formula is C12H16N2O2. The smallest absolute Gasteiger partial charge is 0.168 e. The van der Waals surface area contributed by atoms with Crippen LogP contribution >= 0.6 is 0 Å². The molecule has 1 saturated carbocycles. The van der Waals surface area contributed by atoms with Gasteiger partial charge in [0.25, 0.3) is 0 Å². The van der Waals surface area contributed by atoms with Crippen LogP contribution < -0.4 is 0 Å². The number of carbonyl (C=O) groups is 1. The third-order valence-electron chi connectivity index (χ3n) is 3.04. The molecule has 0 unspecified atom stereocenters. The van der Waals surface area contributed by atoms with Crippen molar-refractivity contribution in [3.05, 3.63) is 23.8 Å². The first-order chi connectivity index (χ1) is 7.80. The van der Waals surface area contributed by atoms with Gasteiger partial charge in [0.1, 0.15) is 11.3 Å². The Morgan fingerprint density at radius 3 is 2.88 bits per heavy atom. The third-order valence-corrected chi connectivity index (χ3v) is 3.04. The normalized spacial score (nSPS) is 18.6. The molecule has 0 atom stereocenters. The molecule has 0 aliphatic heterocycles.